The Hall–Kier alpha value is -2.12. The van der Waals surface area contributed by atoms with E-state index in [2.05, 4.69) is 26.0 Å². The fraction of sp³-hybridized carbons (Fsp3) is 0.481. The van der Waals surface area contributed by atoms with Gasteiger partial charge in [0.25, 0.3) is 0 Å². The average molecular weight is 527 g/mol. The minimum absolute atomic E-state index is 0.189. The number of aliphatic hydroxyl groups excluding tert-OH is 1. The molecule has 0 saturated carbocycles. The van der Waals surface area contributed by atoms with Crippen molar-refractivity contribution >= 4 is 23.2 Å². The summed E-state index contributed by atoms with van der Waals surface area (Å²) in [7, 11) is 0. The molecular formula is C27H41Cl2N3O3. The highest BCUT2D eigenvalue weighted by molar-refractivity contribution is 6.32. The lowest BCUT2D eigenvalue weighted by atomic mass is 9.78. The molecule has 0 radical (unpaired) electrons. The van der Waals surface area contributed by atoms with Gasteiger partial charge in [-0.2, -0.15) is 0 Å². The molecule has 6 nitrogen and oxygen atoms in total. The number of hydrazine groups is 1. The molecule has 0 amide bonds. The second-order valence-electron chi connectivity index (χ2n) is 8.37. The molecule has 35 heavy (non-hydrogen) atoms. The van der Waals surface area contributed by atoms with Crippen molar-refractivity contribution in [1.82, 2.24) is 5.01 Å². The van der Waals surface area contributed by atoms with E-state index in [4.69, 9.17) is 44.3 Å². The van der Waals surface area contributed by atoms with Crippen molar-refractivity contribution in [2.45, 2.75) is 52.9 Å². The third-order valence-electron chi connectivity index (χ3n) is 5.53. The third kappa shape index (κ3) is 9.45. The van der Waals surface area contributed by atoms with E-state index >= 15 is 0 Å². The first-order valence-electron chi connectivity index (χ1n) is 12.0. The molecule has 0 fully saturated rings. The summed E-state index contributed by atoms with van der Waals surface area (Å²) in [5.41, 5.74) is 8.75. The van der Waals surface area contributed by atoms with Crippen LogP contribution in [0.3, 0.4) is 0 Å². The van der Waals surface area contributed by atoms with Gasteiger partial charge in [0.2, 0.25) is 0 Å². The Morgan fingerprint density at radius 3 is 2.14 bits per heavy atom. The fourth-order valence-corrected chi connectivity index (χ4v) is 3.72. The molecule has 8 heteroatoms. The zero-order chi connectivity index (χ0) is 26.4. The summed E-state index contributed by atoms with van der Waals surface area (Å²) in [4.78, 5) is 0. The van der Waals surface area contributed by atoms with Gasteiger partial charge in [-0.1, -0.05) is 57.5 Å². The molecule has 0 saturated heterocycles. The highest BCUT2D eigenvalue weighted by atomic mass is 35.5. The largest absolute Gasteiger partial charge is 0.494 e. The van der Waals surface area contributed by atoms with Crippen LogP contribution in [-0.2, 0) is 5.41 Å². The van der Waals surface area contributed by atoms with Crippen LogP contribution in [0, 0.1) is 0 Å². The molecular weight excluding hydrogens is 485 g/mol. The van der Waals surface area contributed by atoms with Crippen LogP contribution < -0.4 is 21.1 Å². The molecule has 196 valence electrons. The number of ether oxygens (including phenoxy) is 2. The molecule has 0 bridgehead atoms. The quantitative estimate of drug-likeness (QED) is 0.132. The van der Waals surface area contributed by atoms with Crippen LogP contribution >= 0.6 is 23.2 Å². The number of halogens is 2. The monoisotopic (exact) mass is 525 g/mol. The van der Waals surface area contributed by atoms with Crippen molar-refractivity contribution in [3.63, 3.8) is 0 Å². The van der Waals surface area contributed by atoms with Crippen LogP contribution in [0.4, 0.5) is 0 Å². The molecule has 0 aromatic heterocycles. The molecule has 0 aliphatic carbocycles. The van der Waals surface area contributed by atoms with Crippen LogP contribution in [0.1, 0.15) is 58.6 Å². The van der Waals surface area contributed by atoms with E-state index in [1.807, 2.05) is 44.2 Å². The number of alkyl halides is 1. The van der Waals surface area contributed by atoms with Gasteiger partial charge in [0.05, 0.1) is 30.5 Å². The zero-order valence-corrected chi connectivity index (χ0v) is 23.1. The zero-order valence-electron chi connectivity index (χ0n) is 21.6. The Morgan fingerprint density at radius 1 is 1.00 bits per heavy atom. The van der Waals surface area contributed by atoms with E-state index in [1.54, 1.807) is 6.92 Å². The van der Waals surface area contributed by atoms with Crippen LogP contribution in [0.5, 0.6) is 11.5 Å². The molecule has 0 aliphatic rings. The van der Waals surface area contributed by atoms with Crippen LogP contribution in [-0.4, -0.2) is 42.4 Å². The summed E-state index contributed by atoms with van der Waals surface area (Å²) in [6, 6.07) is 14.0. The van der Waals surface area contributed by atoms with Gasteiger partial charge < -0.3 is 25.3 Å². The summed E-state index contributed by atoms with van der Waals surface area (Å²) in [5.74, 6) is 7.95. The maximum absolute atomic E-state index is 9.34. The summed E-state index contributed by atoms with van der Waals surface area (Å²) in [5, 5.41) is 11.4. The summed E-state index contributed by atoms with van der Waals surface area (Å²) in [6.07, 6.45) is 1.47. The normalized spacial score (nSPS) is 11.8. The van der Waals surface area contributed by atoms with Crippen molar-refractivity contribution in [3.05, 3.63) is 70.0 Å². The first kappa shape index (κ1) is 30.9. The number of allylic oxidation sites excluding steroid dienone is 1. The van der Waals surface area contributed by atoms with Crippen LogP contribution in [0.15, 0.2) is 53.9 Å². The number of hydrogen-bond acceptors (Lipinski definition) is 6. The lowest BCUT2D eigenvalue weighted by Gasteiger charge is -2.27. The van der Waals surface area contributed by atoms with Crippen molar-refractivity contribution in [1.29, 1.82) is 0 Å². The maximum Gasteiger partial charge on any atom is 0.137 e. The minimum Gasteiger partial charge on any atom is -0.494 e. The van der Waals surface area contributed by atoms with Gasteiger partial charge in [-0.3, -0.25) is 0 Å². The summed E-state index contributed by atoms with van der Waals surface area (Å²) < 4.78 is 11.5. The molecule has 0 spiro atoms. The molecule has 0 heterocycles. The summed E-state index contributed by atoms with van der Waals surface area (Å²) in [6.45, 7) is 11.4. The number of hydrogen-bond donors (Lipinski definition) is 3. The molecule has 5 N–H and O–H groups in total. The minimum atomic E-state index is -0.246. The van der Waals surface area contributed by atoms with E-state index in [0.717, 1.165) is 23.3 Å². The van der Waals surface area contributed by atoms with Gasteiger partial charge in [-0.05, 0) is 48.7 Å². The highest BCUT2D eigenvalue weighted by Gasteiger charge is 2.24. The Kier molecular flexibility index (Phi) is 13.9. The Morgan fingerprint density at radius 2 is 1.60 bits per heavy atom. The SMILES string of the molecule is C/C(N)=C(\CO)N(N)CCCOc1ccc(C(C)(C)c2ccc(OCCCCl)c(Cl)c2)cc1.CC. The molecule has 0 atom stereocenters. The Bertz CT molecular complexity index is 914. The molecule has 2 rings (SSSR count). The predicted molar refractivity (Wildman–Crippen MR) is 147 cm³/mol. The lowest BCUT2D eigenvalue weighted by Crippen LogP contribution is -2.35. The van der Waals surface area contributed by atoms with Gasteiger partial charge in [0.1, 0.15) is 11.5 Å². The van der Waals surface area contributed by atoms with Gasteiger partial charge >= 0.3 is 0 Å². The first-order chi connectivity index (χ1) is 16.7. The number of rotatable bonds is 13. The van der Waals surface area contributed by atoms with Gasteiger partial charge in [-0.15, -0.1) is 11.6 Å². The molecule has 0 aliphatic heterocycles. The Balaban J connectivity index is 0.00000298. The molecule has 2 aromatic rings. The third-order valence-corrected chi connectivity index (χ3v) is 6.09. The van der Waals surface area contributed by atoms with Gasteiger partial charge in [0, 0.05) is 30.0 Å². The second kappa shape index (κ2) is 15.8. The van der Waals surface area contributed by atoms with Crippen molar-refractivity contribution in [2.75, 3.05) is 32.2 Å². The fourth-order valence-electron chi connectivity index (χ4n) is 3.38. The van der Waals surface area contributed by atoms with Gasteiger partial charge in [-0.25, -0.2) is 5.84 Å². The average Bonchev–Trinajstić information content (AvgIpc) is 2.84. The van der Waals surface area contributed by atoms with E-state index in [1.165, 1.54) is 5.01 Å². The van der Waals surface area contributed by atoms with Crippen LogP contribution in [0.25, 0.3) is 0 Å². The smallest absolute Gasteiger partial charge is 0.137 e. The van der Waals surface area contributed by atoms with E-state index < -0.39 is 0 Å². The number of aliphatic hydroxyl groups is 1. The number of nitrogens with two attached hydrogens (primary N) is 2. The van der Waals surface area contributed by atoms with Gasteiger partial charge in [0.15, 0.2) is 0 Å². The maximum atomic E-state index is 9.34. The van der Waals surface area contributed by atoms with Crippen molar-refractivity contribution in [2.24, 2.45) is 11.6 Å². The van der Waals surface area contributed by atoms with E-state index in [9.17, 15) is 5.11 Å². The van der Waals surface area contributed by atoms with Crippen molar-refractivity contribution in [3.8, 4) is 11.5 Å². The lowest BCUT2D eigenvalue weighted by molar-refractivity contribution is 0.230. The van der Waals surface area contributed by atoms with E-state index in [0.29, 0.717) is 54.2 Å². The second-order valence-corrected chi connectivity index (χ2v) is 9.15. The van der Waals surface area contributed by atoms with Crippen molar-refractivity contribution < 1.29 is 14.6 Å². The predicted octanol–water partition coefficient (Wildman–Crippen LogP) is 5.83. The van der Waals surface area contributed by atoms with E-state index in [-0.39, 0.29) is 12.0 Å². The summed E-state index contributed by atoms with van der Waals surface area (Å²) >= 11 is 12.2. The highest BCUT2D eigenvalue weighted by Crippen LogP contribution is 2.36. The topological polar surface area (TPSA) is 94.0 Å². The standard InChI is InChI=1S/C25H35Cl2N3O3.C2H6/c1-18(28)23(17-31)30(29)13-5-15-32-21-9-6-19(7-10-21)25(2,3)20-8-11-24(22(27)16-20)33-14-4-12-26;1-2/h6-11,16,31H,4-5,12-15,17,28-29H2,1-3H3;1-2H3/b23-18-;. The van der Waals surface area contributed by atoms with Crippen LogP contribution in [0.2, 0.25) is 5.02 Å². The Labute approximate surface area is 220 Å². The number of benzene rings is 2. The molecule has 0 unspecified atom stereocenters. The first-order valence-corrected chi connectivity index (χ1v) is 12.9. The molecule has 2 aromatic carbocycles. The number of nitrogens with zero attached hydrogens (tertiary/aromatic N) is 1.